The first-order valence-corrected chi connectivity index (χ1v) is 6.90. The summed E-state index contributed by atoms with van der Waals surface area (Å²) in [6.07, 6.45) is -1.07. The molecule has 0 bridgehead atoms. The summed E-state index contributed by atoms with van der Waals surface area (Å²) >= 11 is 0. The fourth-order valence-electron chi connectivity index (χ4n) is 2.43. The van der Waals surface area contributed by atoms with Gasteiger partial charge in [0.05, 0.1) is 0 Å². The Bertz CT molecular complexity index is 497. The highest BCUT2D eigenvalue weighted by atomic mass is 35.5. The topological polar surface area (TPSA) is 55.0 Å². The molecule has 118 valence electrons. The summed E-state index contributed by atoms with van der Waals surface area (Å²) in [5, 5.41) is 0. The number of anilines is 1. The highest BCUT2D eigenvalue weighted by molar-refractivity contribution is 5.85. The summed E-state index contributed by atoms with van der Waals surface area (Å²) in [5.74, 6) is 0.374. The number of nitrogens with two attached hydrogens (primary N) is 1. The summed E-state index contributed by atoms with van der Waals surface area (Å²) in [4.78, 5) is 9.85. The maximum atomic E-state index is 12.9. The van der Waals surface area contributed by atoms with E-state index in [1.807, 2.05) is 4.90 Å². The van der Waals surface area contributed by atoms with Crippen molar-refractivity contribution in [2.45, 2.75) is 43.8 Å². The normalized spacial score (nSPS) is 20.3. The van der Waals surface area contributed by atoms with E-state index in [9.17, 15) is 13.2 Å². The fourth-order valence-corrected chi connectivity index (χ4v) is 2.43. The lowest BCUT2D eigenvalue weighted by atomic mass is 10.1. The Balaban J connectivity index is 0.00000161. The third-order valence-electron chi connectivity index (χ3n) is 3.84. The average Bonchev–Trinajstić information content (AvgIpc) is 3.22. The van der Waals surface area contributed by atoms with Gasteiger partial charge in [0.1, 0.15) is 5.69 Å². The van der Waals surface area contributed by atoms with Gasteiger partial charge in [0.25, 0.3) is 0 Å². The molecule has 1 aromatic rings. The number of aromatic nitrogens is 2. The average molecular weight is 323 g/mol. The smallest absolute Gasteiger partial charge is 0.341 e. The predicted octanol–water partition coefficient (Wildman–Crippen LogP) is 2.72. The number of rotatable bonds is 2. The molecule has 8 heteroatoms. The second-order valence-electron chi connectivity index (χ2n) is 5.57. The second-order valence-corrected chi connectivity index (χ2v) is 5.57. The predicted molar refractivity (Wildman–Crippen MR) is 75.7 cm³/mol. The van der Waals surface area contributed by atoms with E-state index in [2.05, 4.69) is 9.97 Å². The van der Waals surface area contributed by atoms with E-state index in [1.165, 1.54) is 0 Å². The zero-order chi connectivity index (χ0) is 14.3. The molecule has 0 radical (unpaired) electrons. The lowest BCUT2D eigenvalue weighted by Crippen LogP contribution is -2.40. The van der Waals surface area contributed by atoms with Crippen molar-refractivity contribution in [3.8, 4) is 0 Å². The van der Waals surface area contributed by atoms with Gasteiger partial charge >= 0.3 is 6.18 Å². The van der Waals surface area contributed by atoms with Gasteiger partial charge in [-0.3, -0.25) is 0 Å². The lowest BCUT2D eigenvalue weighted by Gasteiger charge is -2.30. The van der Waals surface area contributed by atoms with Gasteiger partial charge in [0, 0.05) is 30.7 Å². The standard InChI is InChI=1S/C13H17F3N4.ClH/c14-13(15,16)11-7-10(8-1-2-8)18-12(19-11)20-5-3-9(17)4-6-20;/h7-9H,1-6,17H2;1H. The monoisotopic (exact) mass is 322 g/mol. The Morgan fingerprint density at radius 2 is 1.71 bits per heavy atom. The number of hydrogen-bond acceptors (Lipinski definition) is 4. The minimum absolute atomic E-state index is 0. The van der Waals surface area contributed by atoms with E-state index < -0.39 is 11.9 Å². The van der Waals surface area contributed by atoms with Gasteiger partial charge < -0.3 is 10.6 Å². The van der Waals surface area contributed by atoms with E-state index >= 15 is 0 Å². The number of hydrogen-bond donors (Lipinski definition) is 1. The van der Waals surface area contributed by atoms with Crippen molar-refractivity contribution in [1.29, 1.82) is 0 Å². The van der Waals surface area contributed by atoms with E-state index in [1.54, 1.807) is 0 Å². The van der Waals surface area contributed by atoms with E-state index in [0.29, 0.717) is 18.8 Å². The van der Waals surface area contributed by atoms with Gasteiger partial charge in [-0.25, -0.2) is 9.97 Å². The maximum Gasteiger partial charge on any atom is 0.433 e. The molecule has 1 saturated carbocycles. The van der Waals surface area contributed by atoms with Crippen molar-refractivity contribution in [3.63, 3.8) is 0 Å². The van der Waals surface area contributed by atoms with Gasteiger partial charge in [0.2, 0.25) is 5.95 Å². The molecule has 4 nitrogen and oxygen atoms in total. The number of alkyl halides is 3. The molecule has 2 heterocycles. The van der Waals surface area contributed by atoms with Gasteiger partial charge in [-0.05, 0) is 31.7 Å². The molecular weight excluding hydrogens is 305 g/mol. The Hall–Kier alpha value is -1.08. The van der Waals surface area contributed by atoms with Crippen LogP contribution in [-0.4, -0.2) is 29.1 Å². The molecule has 0 spiro atoms. The largest absolute Gasteiger partial charge is 0.433 e. The van der Waals surface area contributed by atoms with E-state index in [4.69, 9.17) is 5.73 Å². The molecule has 0 atom stereocenters. The SMILES string of the molecule is Cl.NC1CCN(c2nc(C3CC3)cc(C(F)(F)F)n2)CC1. The van der Waals surface area contributed by atoms with Gasteiger partial charge in [-0.15, -0.1) is 12.4 Å². The van der Waals surface area contributed by atoms with Crippen LogP contribution in [0.2, 0.25) is 0 Å². The van der Waals surface area contributed by atoms with Crippen LogP contribution in [0.15, 0.2) is 6.07 Å². The van der Waals surface area contributed by atoms with Crippen molar-refractivity contribution < 1.29 is 13.2 Å². The number of piperidine rings is 1. The van der Waals surface area contributed by atoms with Crippen LogP contribution in [0.3, 0.4) is 0 Å². The van der Waals surface area contributed by atoms with Crippen molar-refractivity contribution >= 4 is 18.4 Å². The first-order valence-electron chi connectivity index (χ1n) is 6.90. The quantitative estimate of drug-likeness (QED) is 0.909. The molecular formula is C13H18ClF3N4. The Morgan fingerprint density at radius 1 is 1.10 bits per heavy atom. The Kier molecular flexibility index (Phi) is 4.63. The van der Waals surface area contributed by atoms with E-state index in [-0.39, 0.29) is 30.3 Å². The zero-order valence-corrected chi connectivity index (χ0v) is 12.3. The zero-order valence-electron chi connectivity index (χ0n) is 11.4. The molecule has 0 amide bonds. The van der Waals surface area contributed by atoms with Gasteiger partial charge in [0.15, 0.2) is 0 Å². The number of nitrogens with zero attached hydrogens (tertiary/aromatic N) is 3. The first kappa shape index (κ1) is 16.3. The van der Waals surface area contributed by atoms with Crippen molar-refractivity contribution in [2.24, 2.45) is 5.73 Å². The maximum absolute atomic E-state index is 12.9. The molecule has 1 aliphatic carbocycles. The minimum Gasteiger partial charge on any atom is -0.341 e. The fraction of sp³-hybridized carbons (Fsp3) is 0.692. The molecule has 1 aliphatic heterocycles. The summed E-state index contributed by atoms with van der Waals surface area (Å²) in [6.45, 7) is 1.24. The van der Waals surface area contributed by atoms with Crippen molar-refractivity contribution in [1.82, 2.24) is 9.97 Å². The van der Waals surface area contributed by atoms with Crippen LogP contribution in [-0.2, 0) is 6.18 Å². The van der Waals surface area contributed by atoms with Crippen LogP contribution in [0.1, 0.15) is 43.0 Å². The Morgan fingerprint density at radius 3 is 2.24 bits per heavy atom. The van der Waals surface area contributed by atoms with Crippen molar-refractivity contribution in [3.05, 3.63) is 17.5 Å². The van der Waals surface area contributed by atoms with Crippen molar-refractivity contribution in [2.75, 3.05) is 18.0 Å². The highest BCUT2D eigenvalue weighted by Crippen LogP contribution is 2.41. The van der Waals surface area contributed by atoms with Crippen LogP contribution >= 0.6 is 12.4 Å². The number of halogens is 4. The molecule has 2 aliphatic rings. The lowest BCUT2D eigenvalue weighted by molar-refractivity contribution is -0.141. The second kappa shape index (κ2) is 5.96. The van der Waals surface area contributed by atoms with Crippen LogP contribution in [0.5, 0.6) is 0 Å². The van der Waals surface area contributed by atoms with Crippen LogP contribution < -0.4 is 10.6 Å². The summed E-state index contributed by atoms with van der Waals surface area (Å²) in [7, 11) is 0. The van der Waals surface area contributed by atoms with Crippen LogP contribution in [0.25, 0.3) is 0 Å². The minimum atomic E-state index is -4.42. The molecule has 1 aromatic heterocycles. The summed E-state index contributed by atoms with van der Waals surface area (Å²) in [6, 6.07) is 1.22. The van der Waals surface area contributed by atoms with Gasteiger partial charge in [-0.2, -0.15) is 13.2 Å². The molecule has 0 unspecified atom stereocenters. The molecule has 2 fully saturated rings. The third kappa shape index (κ3) is 3.77. The highest BCUT2D eigenvalue weighted by Gasteiger charge is 2.36. The van der Waals surface area contributed by atoms with Gasteiger partial charge in [-0.1, -0.05) is 0 Å². The molecule has 21 heavy (non-hydrogen) atoms. The van der Waals surface area contributed by atoms with Crippen LogP contribution in [0, 0.1) is 0 Å². The van der Waals surface area contributed by atoms with Crippen LogP contribution in [0.4, 0.5) is 19.1 Å². The first-order chi connectivity index (χ1) is 9.43. The summed E-state index contributed by atoms with van der Waals surface area (Å²) in [5.41, 5.74) is 5.51. The summed E-state index contributed by atoms with van der Waals surface area (Å²) < 4.78 is 38.8. The van der Waals surface area contributed by atoms with E-state index in [0.717, 1.165) is 31.7 Å². The Labute approximate surface area is 127 Å². The molecule has 0 aromatic carbocycles. The molecule has 1 saturated heterocycles. The molecule has 3 rings (SSSR count). The molecule has 2 N–H and O–H groups in total. The third-order valence-corrected chi connectivity index (χ3v) is 3.84.